The van der Waals surface area contributed by atoms with Crippen LogP contribution < -0.4 is 5.32 Å². The van der Waals surface area contributed by atoms with E-state index >= 15 is 0 Å². The highest BCUT2D eigenvalue weighted by Gasteiger charge is 2.16. The average molecular weight is 254 g/mol. The first-order valence-corrected chi connectivity index (χ1v) is 6.83. The van der Waals surface area contributed by atoms with Gasteiger partial charge in [0.25, 0.3) is 0 Å². The monoisotopic (exact) mass is 253 g/mol. The summed E-state index contributed by atoms with van der Waals surface area (Å²) in [6.07, 6.45) is 5.61. The van der Waals surface area contributed by atoms with Gasteiger partial charge in [-0.25, -0.2) is 9.97 Å². The van der Waals surface area contributed by atoms with Gasteiger partial charge in [-0.2, -0.15) is 0 Å². The van der Waals surface area contributed by atoms with Gasteiger partial charge in [-0.15, -0.1) is 0 Å². The van der Waals surface area contributed by atoms with Crippen molar-refractivity contribution in [2.24, 2.45) is 5.92 Å². The molecule has 0 saturated carbocycles. The predicted octanol–water partition coefficient (Wildman–Crippen LogP) is 3.47. The first kappa shape index (κ1) is 12.6. The van der Waals surface area contributed by atoms with Gasteiger partial charge in [-0.05, 0) is 38.0 Å². The van der Waals surface area contributed by atoms with Crippen LogP contribution in [0.4, 0.5) is 5.95 Å². The van der Waals surface area contributed by atoms with Gasteiger partial charge < -0.3 is 5.32 Å². The number of nitrogens with zero attached hydrogens (tertiary/aromatic N) is 2. The van der Waals surface area contributed by atoms with Crippen molar-refractivity contribution in [3.05, 3.63) is 16.4 Å². The third-order valence-corrected chi connectivity index (χ3v) is 3.45. The van der Waals surface area contributed by atoms with Crippen LogP contribution in [-0.2, 0) is 12.8 Å². The van der Waals surface area contributed by atoms with E-state index in [9.17, 15) is 0 Å². The Balaban J connectivity index is 2.06. The Morgan fingerprint density at radius 1 is 1.24 bits per heavy atom. The molecule has 4 heteroatoms. The lowest BCUT2D eigenvalue weighted by atomic mass is 9.97. The van der Waals surface area contributed by atoms with Crippen LogP contribution in [0.3, 0.4) is 0 Å². The molecular weight excluding hydrogens is 234 g/mol. The molecule has 94 valence electrons. The molecule has 2 rings (SSSR count). The lowest BCUT2D eigenvalue weighted by Crippen LogP contribution is -2.13. The van der Waals surface area contributed by atoms with E-state index in [1.807, 2.05) is 0 Å². The van der Waals surface area contributed by atoms with E-state index in [4.69, 9.17) is 11.6 Å². The first-order chi connectivity index (χ1) is 8.16. The molecule has 0 bridgehead atoms. The van der Waals surface area contributed by atoms with Crippen LogP contribution in [0.2, 0.25) is 5.15 Å². The Morgan fingerprint density at radius 3 is 2.76 bits per heavy atom. The molecule has 3 nitrogen and oxygen atoms in total. The van der Waals surface area contributed by atoms with Gasteiger partial charge in [0.2, 0.25) is 5.95 Å². The van der Waals surface area contributed by atoms with Gasteiger partial charge in [0, 0.05) is 12.1 Å². The molecule has 0 saturated heterocycles. The molecule has 1 aromatic rings. The van der Waals surface area contributed by atoms with Gasteiger partial charge in [0.05, 0.1) is 5.69 Å². The molecule has 0 amide bonds. The second-order valence-corrected chi connectivity index (χ2v) is 5.44. The zero-order chi connectivity index (χ0) is 12.3. The zero-order valence-electron chi connectivity index (χ0n) is 10.6. The lowest BCUT2D eigenvalue weighted by molar-refractivity contribution is 0.604. The maximum Gasteiger partial charge on any atom is 0.224 e. The number of anilines is 1. The number of rotatable bonds is 4. The fourth-order valence-corrected chi connectivity index (χ4v) is 2.38. The van der Waals surface area contributed by atoms with Crippen molar-refractivity contribution >= 4 is 17.5 Å². The van der Waals surface area contributed by atoms with Crippen molar-refractivity contribution in [1.29, 1.82) is 0 Å². The Hall–Kier alpha value is -0.830. The highest BCUT2D eigenvalue weighted by molar-refractivity contribution is 6.30. The van der Waals surface area contributed by atoms with Crippen molar-refractivity contribution < 1.29 is 0 Å². The van der Waals surface area contributed by atoms with E-state index in [1.165, 1.54) is 12.8 Å². The lowest BCUT2D eigenvalue weighted by Gasteiger charge is -2.17. The molecule has 17 heavy (non-hydrogen) atoms. The molecule has 0 fully saturated rings. The second kappa shape index (κ2) is 5.67. The van der Waals surface area contributed by atoms with Gasteiger partial charge in [0.1, 0.15) is 5.15 Å². The van der Waals surface area contributed by atoms with E-state index in [1.54, 1.807) is 0 Å². The zero-order valence-corrected chi connectivity index (χ0v) is 11.3. The number of halogens is 1. The minimum Gasteiger partial charge on any atom is -0.354 e. The Labute approximate surface area is 108 Å². The number of hydrogen-bond donors (Lipinski definition) is 1. The molecule has 0 spiro atoms. The van der Waals surface area contributed by atoms with Crippen LogP contribution in [0.15, 0.2) is 0 Å². The number of aryl methyl sites for hydroxylation is 1. The summed E-state index contributed by atoms with van der Waals surface area (Å²) in [6.45, 7) is 5.33. The molecule has 0 aromatic carbocycles. The third-order valence-electron chi connectivity index (χ3n) is 3.14. The molecule has 1 aliphatic rings. The quantitative estimate of drug-likeness (QED) is 0.835. The first-order valence-electron chi connectivity index (χ1n) is 6.46. The summed E-state index contributed by atoms with van der Waals surface area (Å²) < 4.78 is 0. The summed E-state index contributed by atoms with van der Waals surface area (Å²) in [5.41, 5.74) is 2.30. The minimum atomic E-state index is 0.641. The fourth-order valence-electron chi connectivity index (χ4n) is 2.10. The highest BCUT2D eigenvalue weighted by atomic mass is 35.5. The Kier molecular flexibility index (Phi) is 4.21. The molecule has 0 unspecified atom stereocenters. The van der Waals surface area contributed by atoms with Crippen LogP contribution in [0.5, 0.6) is 0 Å². The minimum absolute atomic E-state index is 0.641. The summed E-state index contributed by atoms with van der Waals surface area (Å²) in [4.78, 5) is 8.89. The van der Waals surface area contributed by atoms with Crippen LogP contribution >= 0.6 is 11.6 Å². The number of fused-ring (bicyclic) bond motifs is 1. The molecule has 1 aliphatic carbocycles. The van der Waals surface area contributed by atoms with Crippen molar-refractivity contribution in [2.75, 3.05) is 11.9 Å². The average Bonchev–Trinajstić information content (AvgIpc) is 2.28. The molecule has 1 aromatic heterocycles. The van der Waals surface area contributed by atoms with E-state index in [0.29, 0.717) is 17.0 Å². The third kappa shape index (κ3) is 3.32. The van der Waals surface area contributed by atoms with Gasteiger partial charge >= 0.3 is 0 Å². The van der Waals surface area contributed by atoms with Gasteiger partial charge in [-0.1, -0.05) is 25.4 Å². The Bertz CT molecular complexity index is 390. The van der Waals surface area contributed by atoms with E-state index in [-0.39, 0.29) is 0 Å². The van der Waals surface area contributed by atoms with Crippen molar-refractivity contribution in [2.45, 2.75) is 46.0 Å². The summed E-state index contributed by atoms with van der Waals surface area (Å²) in [5, 5.41) is 3.90. The summed E-state index contributed by atoms with van der Waals surface area (Å²) in [7, 11) is 0. The highest BCUT2D eigenvalue weighted by Crippen LogP contribution is 2.26. The normalized spacial score (nSPS) is 14.8. The largest absolute Gasteiger partial charge is 0.354 e. The number of hydrogen-bond acceptors (Lipinski definition) is 3. The SMILES string of the molecule is CC(C)CCNc1nc(Cl)c2c(n1)CCCC2. The standard InChI is InChI=1S/C13H20ClN3/c1-9(2)7-8-15-13-16-11-6-4-3-5-10(11)12(14)17-13/h9H,3-8H2,1-2H3,(H,15,16,17). The smallest absolute Gasteiger partial charge is 0.224 e. The van der Waals surface area contributed by atoms with Crippen molar-refractivity contribution in [1.82, 2.24) is 9.97 Å². The molecule has 0 atom stereocenters. The number of aromatic nitrogens is 2. The topological polar surface area (TPSA) is 37.8 Å². The maximum atomic E-state index is 6.20. The van der Waals surface area contributed by atoms with Crippen LogP contribution in [0, 0.1) is 5.92 Å². The molecule has 1 heterocycles. The van der Waals surface area contributed by atoms with Gasteiger partial charge in [0.15, 0.2) is 0 Å². The molecule has 0 radical (unpaired) electrons. The predicted molar refractivity (Wildman–Crippen MR) is 71.6 cm³/mol. The molecule has 1 N–H and O–H groups in total. The Morgan fingerprint density at radius 2 is 2.00 bits per heavy atom. The maximum absolute atomic E-state index is 6.20. The van der Waals surface area contributed by atoms with Crippen molar-refractivity contribution in [3.8, 4) is 0 Å². The second-order valence-electron chi connectivity index (χ2n) is 5.08. The fraction of sp³-hybridized carbons (Fsp3) is 0.692. The van der Waals surface area contributed by atoms with Crippen LogP contribution in [0.25, 0.3) is 0 Å². The summed E-state index contributed by atoms with van der Waals surface area (Å²) in [6, 6.07) is 0. The van der Waals surface area contributed by atoms with Crippen LogP contribution in [-0.4, -0.2) is 16.5 Å². The summed E-state index contributed by atoms with van der Waals surface area (Å²) in [5.74, 6) is 1.38. The van der Waals surface area contributed by atoms with Crippen molar-refractivity contribution in [3.63, 3.8) is 0 Å². The number of nitrogens with one attached hydrogen (secondary N) is 1. The molecule has 0 aliphatic heterocycles. The van der Waals surface area contributed by atoms with Gasteiger partial charge in [-0.3, -0.25) is 0 Å². The summed E-state index contributed by atoms with van der Waals surface area (Å²) >= 11 is 6.20. The van der Waals surface area contributed by atoms with E-state index < -0.39 is 0 Å². The van der Waals surface area contributed by atoms with E-state index in [2.05, 4.69) is 29.1 Å². The van der Waals surface area contributed by atoms with E-state index in [0.717, 1.165) is 37.1 Å². The van der Waals surface area contributed by atoms with Crippen LogP contribution in [0.1, 0.15) is 44.4 Å². The molecular formula is C13H20ClN3.